The molecule has 5 heteroatoms. The number of hydrogen-bond donors (Lipinski definition) is 0. The Bertz CT molecular complexity index is 589. The molecule has 3 rings (SSSR count). The minimum Gasteiger partial charge on any atom is -0.271 e. The molecule has 1 aliphatic rings. The van der Waals surface area contributed by atoms with Crippen LogP contribution in [0.1, 0.15) is 21.7 Å². The van der Waals surface area contributed by atoms with E-state index in [1.165, 1.54) is 27.6 Å². The van der Waals surface area contributed by atoms with Gasteiger partial charge >= 0.3 is 0 Å². The molecule has 1 aromatic heterocycles. The Hall–Kier alpha value is -1.62. The van der Waals surface area contributed by atoms with Crippen LogP contribution >= 0.6 is 11.8 Å². The van der Waals surface area contributed by atoms with Crippen LogP contribution in [0, 0.1) is 6.92 Å². The normalized spacial score (nSPS) is 13.9. The van der Waals surface area contributed by atoms with Crippen LogP contribution in [0.4, 0.5) is 0 Å². The highest BCUT2D eigenvalue weighted by Gasteiger charge is 2.23. The van der Waals surface area contributed by atoms with Gasteiger partial charge in [0.2, 0.25) is 0 Å². The molecule has 0 atom stereocenters. The molecule has 0 bridgehead atoms. The lowest BCUT2D eigenvalue weighted by Crippen LogP contribution is -2.09. The van der Waals surface area contributed by atoms with E-state index in [1.807, 2.05) is 0 Å². The van der Waals surface area contributed by atoms with Crippen LogP contribution in [0.3, 0.4) is 0 Å². The molecule has 0 saturated carbocycles. The average molecular weight is 259 g/mol. The van der Waals surface area contributed by atoms with Crippen LogP contribution in [0.5, 0.6) is 0 Å². The SMILES string of the molecule is Cc1ccc(CCc2nc3n(n2)C(=O)CS3)cc1. The first-order valence-electron chi connectivity index (χ1n) is 5.90. The van der Waals surface area contributed by atoms with E-state index in [-0.39, 0.29) is 5.91 Å². The number of thioether (sulfide) groups is 1. The van der Waals surface area contributed by atoms with Gasteiger partial charge in [0.1, 0.15) is 0 Å². The molecular formula is C13H13N3OS. The number of rotatable bonds is 3. The minimum atomic E-state index is 0.0316. The molecule has 1 aliphatic heterocycles. The van der Waals surface area contributed by atoms with Gasteiger partial charge in [0.15, 0.2) is 11.0 Å². The standard InChI is InChI=1S/C13H13N3OS/c1-9-2-4-10(5-3-9)6-7-11-14-13-16(15-11)12(17)8-18-13/h2-5H,6-8H2,1H3. The number of aromatic nitrogens is 3. The lowest BCUT2D eigenvalue weighted by Gasteiger charge is -1.99. The van der Waals surface area contributed by atoms with Crippen molar-refractivity contribution in [3.8, 4) is 0 Å². The zero-order valence-corrected chi connectivity index (χ0v) is 10.9. The highest BCUT2D eigenvalue weighted by Crippen LogP contribution is 2.22. The van der Waals surface area contributed by atoms with Gasteiger partial charge in [0.25, 0.3) is 5.91 Å². The summed E-state index contributed by atoms with van der Waals surface area (Å²) in [5.41, 5.74) is 2.54. The molecule has 4 nitrogen and oxygen atoms in total. The number of carbonyl (C=O) groups is 1. The highest BCUT2D eigenvalue weighted by atomic mass is 32.2. The van der Waals surface area contributed by atoms with Gasteiger partial charge in [-0.3, -0.25) is 4.79 Å². The molecule has 0 spiro atoms. The monoisotopic (exact) mass is 259 g/mol. The first kappa shape index (κ1) is 11.5. The molecule has 0 radical (unpaired) electrons. The fourth-order valence-corrected chi connectivity index (χ4v) is 2.71. The van der Waals surface area contributed by atoms with Gasteiger partial charge in [-0.15, -0.1) is 5.10 Å². The first-order chi connectivity index (χ1) is 8.72. The summed E-state index contributed by atoms with van der Waals surface area (Å²) in [5, 5.41) is 4.97. The zero-order chi connectivity index (χ0) is 12.5. The third-order valence-corrected chi connectivity index (χ3v) is 3.85. The van der Waals surface area contributed by atoms with Crippen molar-refractivity contribution in [3.63, 3.8) is 0 Å². The summed E-state index contributed by atoms with van der Waals surface area (Å²) in [4.78, 5) is 15.8. The molecule has 0 unspecified atom stereocenters. The molecule has 0 aliphatic carbocycles. The third kappa shape index (κ3) is 2.18. The van der Waals surface area contributed by atoms with Gasteiger partial charge in [0.05, 0.1) is 5.75 Å². The Morgan fingerprint density at radius 1 is 1.28 bits per heavy atom. The van der Waals surface area contributed by atoms with Crippen LogP contribution in [-0.2, 0) is 12.8 Å². The quantitative estimate of drug-likeness (QED) is 0.847. The van der Waals surface area contributed by atoms with Crippen LogP contribution in [-0.4, -0.2) is 26.4 Å². The van der Waals surface area contributed by atoms with E-state index < -0.39 is 0 Å². The number of hydrogen-bond acceptors (Lipinski definition) is 4. The summed E-state index contributed by atoms with van der Waals surface area (Å²) in [6.45, 7) is 2.08. The highest BCUT2D eigenvalue weighted by molar-refractivity contribution is 8.00. The summed E-state index contributed by atoms with van der Waals surface area (Å²) in [7, 11) is 0. The van der Waals surface area contributed by atoms with Crippen LogP contribution < -0.4 is 0 Å². The molecule has 0 saturated heterocycles. The molecule has 18 heavy (non-hydrogen) atoms. The van der Waals surface area contributed by atoms with Crippen LogP contribution in [0.25, 0.3) is 0 Å². The van der Waals surface area contributed by atoms with Crippen molar-refractivity contribution in [2.75, 3.05) is 5.75 Å². The van der Waals surface area contributed by atoms with Crippen molar-refractivity contribution in [2.45, 2.75) is 24.9 Å². The second-order valence-corrected chi connectivity index (χ2v) is 5.33. The second-order valence-electron chi connectivity index (χ2n) is 4.39. The number of nitrogens with zero attached hydrogens (tertiary/aromatic N) is 3. The van der Waals surface area contributed by atoms with Crippen molar-refractivity contribution < 1.29 is 4.79 Å². The van der Waals surface area contributed by atoms with Crippen molar-refractivity contribution in [1.82, 2.24) is 14.8 Å². The first-order valence-corrected chi connectivity index (χ1v) is 6.88. The number of carbonyl (C=O) groups excluding carboxylic acids is 1. The van der Waals surface area contributed by atoms with E-state index in [2.05, 4.69) is 41.3 Å². The van der Waals surface area contributed by atoms with Gasteiger partial charge in [-0.05, 0) is 18.9 Å². The topological polar surface area (TPSA) is 47.8 Å². The fourth-order valence-electron chi connectivity index (χ4n) is 1.90. The summed E-state index contributed by atoms with van der Waals surface area (Å²) in [5.74, 6) is 1.25. The molecule has 2 heterocycles. The summed E-state index contributed by atoms with van der Waals surface area (Å²) in [6, 6.07) is 8.46. The third-order valence-electron chi connectivity index (χ3n) is 2.94. The maximum Gasteiger partial charge on any atom is 0.259 e. The fraction of sp³-hybridized carbons (Fsp3) is 0.308. The van der Waals surface area contributed by atoms with E-state index in [0.29, 0.717) is 5.75 Å². The van der Waals surface area contributed by atoms with Crippen molar-refractivity contribution in [1.29, 1.82) is 0 Å². The van der Waals surface area contributed by atoms with Crippen molar-refractivity contribution in [3.05, 3.63) is 41.2 Å². The molecule has 0 N–H and O–H groups in total. The molecular weight excluding hydrogens is 246 g/mol. The summed E-state index contributed by atoms with van der Waals surface area (Å²) >= 11 is 1.46. The second kappa shape index (κ2) is 4.57. The number of aryl methyl sites for hydroxylation is 3. The van der Waals surface area contributed by atoms with Crippen molar-refractivity contribution in [2.24, 2.45) is 0 Å². The van der Waals surface area contributed by atoms with Crippen LogP contribution in [0.2, 0.25) is 0 Å². The minimum absolute atomic E-state index is 0.0316. The molecule has 0 amide bonds. The number of fused-ring (bicyclic) bond motifs is 1. The molecule has 0 fully saturated rings. The van der Waals surface area contributed by atoms with Gasteiger partial charge in [-0.25, -0.2) is 4.98 Å². The van der Waals surface area contributed by atoms with E-state index in [1.54, 1.807) is 0 Å². The van der Waals surface area contributed by atoms with Gasteiger partial charge in [0, 0.05) is 6.42 Å². The Kier molecular flexibility index (Phi) is 2.91. The van der Waals surface area contributed by atoms with Crippen molar-refractivity contribution >= 4 is 17.7 Å². The summed E-state index contributed by atoms with van der Waals surface area (Å²) in [6.07, 6.45) is 1.68. The van der Waals surface area contributed by atoms with Crippen LogP contribution in [0.15, 0.2) is 29.4 Å². The maximum absolute atomic E-state index is 11.4. The predicted molar refractivity (Wildman–Crippen MR) is 70.0 cm³/mol. The van der Waals surface area contributed by atoms with Gasteiger partial charge in [-0.1, -0.05) is 41.6 Å². The van der Waals surface area contributed by atoms with Gasteiger partial charge in [-0.2, -0.15) is 4.68 Å². The predicted octanol–water partition coefficient (Wildman–Crippen LogP) is 2.12. The molecule has 1 aromatic carbocycles. The molecule has 2 aromatic rings. The van der Waals surface area contributed by atoms with E-state index in [0.717, 1.165) is 23.8 Å². The Labute approximate surface area is 109 Å². The molecule has 92 valence electrons. The van der Waals surface area contributed by atoms with E-state index in [4.69, 9.17) is 0 Å². The van der Waals surface area contributed by atoms with Gasteiger partial charge < -0.3 is 0 Å². The van der Waals surface area contributed by atoms with E-state index in [9.17, 15) is 4.79 Å². The summed E-state index contributed by atoms with van der Waals surface area (Å²) < 4.78 is 1.43. The number of benzene rings is 1. The van der Waals surface area contributed by atoms with E-state index >= 15 is 0 Å². The Balaban J connectivity index is 1.69. The Morgan fingerprint density at radius 2 is 2.06 bits per heavy atom. The zero-order valence-electron chi connectivity index (χ0n) is 10.1. The average Bonchev–Trinajstić information content (AvgIpc) is 2.91. The Morgan fingerprint density at radius 3 is 2.78 bits per heavy atom. The lowest BCUT2D eigenvalue weighted by atomic mass is 10.1. The largest absolute Gasteiger partial charge is 0.271 e. The smallest absolute Gasteiger partial charge is 0.259 e. The maximum atomic E-state index is 11.4. The lowest BCUT2D eigenvalue weighted by molar-refractivity contribution is 0.0923.